The molecule has 0 aliphatic carbocycles. The lowest BCUT2D eigenvalue weighted by Gasteiger charge is -2.07. The Morgan fingerprint density at radius 1 is 1.14 bits per heavy atom. The van der Waals surface area contributed by atoms with Gasteiger partial charge in [-0.25, -0.2) is 4.39 Å². The molecule has 0 atom stereocenters. The maximum Gasteiger partial charge on any atom is 0.416 e. The molecule has 0 fully saturated rings. The van der Waals surface area contributed by atoms with Gasteiger partial charge in [0, 0.05) is 24.1 Å². The largest absolute Gasteiger partial charge is 0.421 e. The number of hydrogen-bond donors (Lipinski definition) is 1. The van der Waals surface area contributed by atoms with E-state index in [2.05, 4.69) is 15.5 Å². The summed E-state index contributed by atoms with van der Waals surface area (Å²) in [6.07, 6.45) is -4.35. The lowest BCUT2D eigenvalue weighted by Crippen LogP contribution is -2.13. The number of alkyl halides is 3. The molecular weight excluding hydrogens is 378 g/mol. The van der Waals surface area contributed by atoms with Crippen LogP contribution < -0.4 is 5.32 Å². The summed E-state index contributed by atoms with van der Waals surface area (Å²) in [4.78, 5) is 12.0. The van der Waals surface area contributed by atoms with Crippen LogP contribution in [0.2, 0.25) is 0 Å². The lowest BCUT2D eigenvalue weighted by molar-refractivity contribution is -0.137. The smallest absolute Gasteiger partial charge is 0.416 e. The highest BCUT2D eigenvalue weighted by atomic mass is 19.4. The van der Waals surface area contributed by atoms with Crippen molar-refractivity contribution in [3.05, 3.63) is 65.3 Å². The fourth-order valence-electron chi connectivity index (χ4n) is 2.50. The predicted molar refractivity (Wildman–Crippen MR) is 92.8 cm³/mol. The Labute approximate surface area is 157 Å². The van der Waals surface area contributed by atoms with E-state index in [0.717, 1.165) is 12.1 Å². The van der Waals surface area contributed by atoms with E-state index in [1.54, 1.807) is 6.92 Å². The first-order valence-corrected chi connectivity index (χ1v) is 8.28. The number of anilines is 1. The average molecular weight is 393 g/mol. The number of amides is 1. The van der Waals surface area contributed by atoms with Gasteiger partial charge in [-0.2, -0.15) is 13.2 Å². The summed E-state index contributed by atoms with van der Waals surface area (Å²) in [6, 6.07) is 8.54. The van der Waals surface area contributed by atoms with E-state index in [4.69, 9.17) is 4.42 Å². The van der Waals surface area contributed by atoms with Crippen LogP contribution in [0.25, 0.3) is 11.5 Å². The first-order chi connectivity index (χ1) is 13.2. The van der Waals surface area contributed by atoms with E-state index in [-0.39, 0.29) is 36.1 Å². The van der Waals surface area contributed by atoms with Crippen LogP contribution in [0.1, 0.15) is 23.4 Å². The molecule has 0 aliphatic rings. The molecule has 0 unspecified atom stereocenters. The quantitative estimate of drug-likeness (QED) is 0.634. The molecule has 0 aliphatic heterocycles. The fourth-order valence-corrected chi connectivity index (χ4v) is 2.50. The number of hydrogen-bond acceptors (Lipinski definition) is 4. The van der Waals surface area contributed by atoms with Gasteiger partial charge < -0.3 is 9.73 Å². The van der Waals surface area contributed by atoms with Crippen LogP contribution in [0.4, 0.5) is 23.2 Å². The van der Waals surface area contributed by atoms with Crippen molar-refractivity contribution >= 4 is 11.6 Å². The molecule has 1 N–H and O–H groups in total. The molecule has 146 valence electrons. The minimum absolute atomic E-state index is 0.0149. The van der Waals surface area contributed by atoms with Crippen LogP contribution in [0, 0.1) is 12.7 Å². The van der Waals surface area contributed by atoms with Gasteiger partial charge in [-0.3, -0.25) is 4.79 Å². The van der Waals surface area contributed by atoms with E-state index in [1.165, 1.54) is 30.3 Å². The first-order valence-electron chi connectivity index (χ1n) is 8.28. The third-order valence-electron chi connectivity index (χ3n) is 3.93. The third kappa shape index (κ3) is 4.73. The zero-order valence-corrected chi connectivity index (χ0v) is 14.7. The Bertz CT molecular complexity index is 999. The summed E-state index contributed by atoms with van der Waals surface area (Å²) < 4.78 is 56.8. The van der Waals surface area contributed by atoms with Gasteiger partial charge in [-0.1, -0.05) is 6.07 Å². The third-order valence-corrected chi connectivity index (χ3v) is 3.93. The SMILES string of the molecule is Cc1cc(F)ccc1NC(=O)CCc1nnc(-c2cccc(C(F)(F)F)c2)o1. The van der Waals surface area contributed by atoms with Crippen molar-refractivity contribution in [2.24, 2.45) is 0 Å². The molecule has 5 nitrogen and oxygen atoms in total. The molecule has 28 heavy (non-hydrogen) atoms. The van der Waals surface area contributed by atoms with Gasteiger partial charge in [0.2, 0.25) is 17.7 Å². The van der Waals surface area contributed by atoms with Crippen LogP contribution in [-0.2, 0) is 17.4 Å². The molecule has 0 spiro atoms. The van der Waals surface area contributed by atoms with Crippen LogP contribution in [0.5, 0.6) is 0 Å². The number of halogens is 4. The van der Waals surface area contributed by atoms with Gasteiger partial charge in [-0.05, 0) is 48.9 Å². The normalized spacial score (nSPS) is 11.5. The maximum absolute atomic E-state index is 13.1. The fraction of sp³-hybridized carbons (Fsp3) is 0.211. The average Bonchev–Trinajstić information content (AvgIpc) is 3.11. The van der Waals surface area contributed by atoms with Gasteiger partial charge in [-0.15, -0.1) is 10.2 Å². The van der Waals surface area contributed by atoms with Gasteiger partial charge in [0.15, 0.2) is 0 Å². The Kier molecular flexibility index (Phi) is 5.43. The van der Waals surface area contributed by atoms with Crippen molar-refractivity contribution in [2.45, 2.75) is 25.9 Å². The summed E-state index contributed by atoms with van der Waals surface area (Å²) in [5.41, 5.74) is 0.387. The predicted octanol–water partition coefficient (Wildman–Crippen LogP) is 4.77. The number of aryl methyl sites for hydroxylation is 2. The Morgan fingerprint density at radius 3 is 2.64 bits per heavy atom. The highest BCUT2D eigenvalue weighted by Crippen LogP contribution is 2.31. The molecular formula is C19H15F4N3O2. The van der Waals surface area contributed by atoms with Crippen molar-refractivity contribution in [3.63, 3.8) is 0 Å². The highest BCUT2D eigenvalue weighted by molar-refractivity contribution is 5.91. The van der Waals surface area contributed by atoms with Crippen molar-refractivity contribution in [1.29, 1.82) is 0 Å². The van der Waals surface area contributed by atoms with Crippen molar-refractivity contribution in [1.82, 2.24) is 10.2 Å². The van der Waals surface area contributed by atoms with Gasteiger partial charge >= 0.3 is 6.18 Å². The molecule has 1 amide bonds. The van der Waals surface area contributed by atoms with Gasteiger partial charge in [0.1, 0.15) is 5.82 Å². The van der Waals surface area contributed by atoms with E-state index >= 15 is 0 Å². The van der Waals surface area contributed by atoms with E-state index in [0.29, 0.717) is 11.3 Å². The molecule has 3 aromatic rings. The Morgan fingerprint density at radius 2 is 1.93 bits per heavy atom. The molecule has 9 heteroatoms. The minimum atomic E-state index is -4.48. The summed E-state index contributed by atoms with van der Waals surface area (Å²) in [7, 11) is 0. The van der Waals surface area contributed by atoms with E-state index < -0.39 is 17.6 Å². The molecule has 2 aromatic carbocycles. The summed E-state index contributed by atoms with van der Waals surface area (Å²) in [6.45, 7) is 1.66. The van der Waals surface area contributed by atoms with Gasteiger partial charge in [0.05, 0.1) is 5.56 Å². The Balaban J connectivity index is 1.63. The lowest BCUT2D eigenvalue weighted by atomic mass is 10.1. The number of carbonyl (C=O) groups is 1. The number of rotatable bonds is 5. The van der Waals surface area contributed by atoms with Crippen molar-refractivity contribution in [3.8, 4) is 11.5 Å². The van der Waals surface area contributed by atoms with E-state index in [1.807, 2.05) is 0 Å². The number of benzene rings is 2. The highest BCUT2D eigenvalue weighted by Gasteiger charge is 2.30. The second kappa shape index (κ2) is 7.79. The number of carbonyl (C=O) groups excluding carboxylic acids is 1. The number of nitrogens with one attached hydrogen (secondary N) is 1. The topological polar surface area (TPSA) is 68.0 Å². The van der Waals surface area contributed by atoms with Crippen LogP contribution in [0.3, 0.4) is 0 Å². The van der Waals surface area contributed by atoms with Crippen molar-refractivity contribution in [2.75, 3.05) is 5.32 Å². The monoisotopic (exact) mass is 393 g/mol. The summed E-state index contributed by atoms with van der Waals surface area (Å²) in [5, 5.41) is 10.2. The zero-order chi connectivity index (χ0) is 20.3. The van der Waals surface area contributed by atoms with E-state index in [9.17, 15) is 22.4 Å². The number of nitrogens with zero attached hydrogens (tertiary/aromatic N) is 2. The van der Waals surface area contributed by atoms with Gasteiger partial charge in [0.25, 0.3) is 0 Å². The van der Waals surface area contributed by atoms with Crippen LogP contribution in [-0.4, -0.2) is 16.1 Å². The van der Waals surface area contributed by atoms with Crippen molar-refractivity contribution < 1.29 is 26.8 Å². The first kappa shape index (κ1) is 19.5. The molecule has 0 bridgehead atoms. The summed E-state index contributed by atoms with van der Waals surface area (Å²) in [5.74, 6) is -0.675. The molecule has 3 rings (SSSR count). The minimum Gasteiger partial charge on any atom is -0.421 e. The Hall–Kier alpha value is -3.23. The number of aromatic nitrogens is 2. The zero-order valence-electron chi connectivity index (χ0n) is 14.7. The molecule has 0 saturated heterocycles. The molecule has 1 aromatic heterocycles. The summed E-state index contributed by atoms with van der Waals surface area (Å²) >= 11 is 0. The maximum atomic E-state index is 13.1. The standard InChI is InChI=1S/C19H15F4N3O2/c1-11-9-14(20)5-6-15(11)24-16(27)7-8-17-25-26-18(28-17)12-3-2-4-13(10-12)19(21,22)23/h2-6,9-10H,7-8H2,1H3,(H,24,27). The second-order valence-corrected chi connectivity index (χ2v) is 6.09. The molecule has 0 radical (unpaired) electrons. The molecule has 1 heterocycles. The van der Waals surface area contributed by atoms with Crippen LogP contribution >= 0.6 is 0 Å². The second-order valence-electron chi connectivity index (χ2n) is 6.09. The molecule has 0 saturated carbocycles. The van der Waals surface area contributed by atoms with Crippen LogP contribution in [0.15, 0.2) is 46.9 Å².